The first kappa shape index (κ1) is 13.9. The molecule has 1 amide bonds. The Bertz CT molecular complexity index is 407. The van der Waals surface area contributed by atoms with E-state index in [1.807, 2.05) is 0 Å². The van der Waals surface area contributed by atoms with Crippen LogP contribution in [-0.2, 0) is 19.8 Å². The molecule has 1 atom stereocenters. The summed E-state index contributed by atoms with van der Waals surface area (Å²) in [5.41, 5.74) is 0. The molecule has 0 spiro atoms. The normalized spacial score (nSPS) is 22.2. The van der Waals surface area contributed by atoms with Crippen LogP contribution < -0.4 is 10.0 Å². The van der Waals surface area contributed by atoms with Crippen molar-refractivity contribution in [3.63, 3.8) is 0 Å². The molecular formula is C8H15N3O5S. The summed E-state index contributed by atoms with van der Waals surface area (Å²) in [4.78, 5) is 22.1. The first-order valence-corrected chi connectivity index (χ1v) is 6.58. The summed E-state index contributed by atoms with van der Waals surface area (Å²) in [6.45, 7) is 2.03. The van der Waals surface area contributed by atoms with Crippen LogP contribution in [-0.4, -0.2) is 55.4 Å². The molecule has 0 bridgehead atoms. The number of nitrogens with one attached hydrogen (secondary N) is 2. The Morgan fingerprint density at radius 2 is 2.29 bits per heavy atom. The smallest absolute Gasteiger partial charge is 0.305 e. The van der Waals surface area contributed by atoms with Gasteiger partial charge in [0.25, 0.3) is 10.2 Å². The summed E-state index contributed by atoms with van der Waals surface area (Å²) in [5, 5.41) is 11.1. The number of carbonyl (C=O) groups is 2. The molecule has 1 aliphatic heterocycles. The minimum absolute atomic E-state index is 0.0685. The van der Waals surface area contributed by atoms with Gasteiger partial charge in [0.2, 0.25) is 5.91 Å². The number of piperazine rings is 1. The number of carboxylic acid groups (broad SMARTS) is 1. The zero-order chi connectivity index (χ0) is 13.1. The second-order valence-corrected chi connectivity index (χ2v) is 5.23. The first-order valence-electron chi connectivity index (χ1n) is 5.14. The topological polar surface area (TPSA) is 116 Å². The van der Waals surface area contributed by atoms with Gasteiger partial charge in [0.05, 0.1) is 6.42 Å². The van der Waals surface area contributed by atoms with E-state index in [4.69, 9.17) is 5.11 Å². The van der Waals surface area contributed by atoms with Crippen LogP contribution in [0.25, 0.3) is 0 Å². The summed E-state index contributed by atoms with van der Waals surface area (Å²) in [6, 6.07) is -1.19. The molecule has 0 radical (unpaired) electrons. The predicted molar refractivity (Wildman–Crippen MR) is 58.4 cm³/mol. The van der Waals surface area contributed by atoms with Crippen LogP contribution >= 0.6 is 0 Å². The predicted octanol–water partition coefficient (Wildman–Crippen LogP) is -1.88. The van der Waals surface area contributed by atoms with Crippen LogP contribution in [0, 0.1) is 0 Å². The van der Waals surface area contributed by atoms with Crippen LogP contribution in [0.15, 0.2) is 0 Å². The highest BCUT2D eigenvalue weighted by atomic mass is 32.2. The average Bonchev–Trinajstić information content (AvgIpc) is 2.20. The van der Waals surface area contributed by atoms with E-state index in [1.165, 1.54) is 0 Å². The largest absolute Gasteiger partial charge is 0.481 e. The quantitative estimate of drug-likeness (QED) is 0.538. The second kappa shape index (κ2) is 5.43. The van der Waals surface area contributed by atoms with Gasteiger partial charge in [0.15, 0.2) is 0 Å². The molecule has 8 nitrogen and oxygen atoms in total. The fraction of sp³-hybridized carbons (Fsp3) is 0.750. The molecule has 0 aromatic carbocycles. The van der Waals surface area contributed by atoms with E-state index < -0.39 is 34.5 Å². The van der Waals surface area contributed by atoms with Gasteiger partial charge in [0, 0.05) is 19.6 Å². The van der Waals surface area contributed by atoms with E-state index in [1.54, 1.807) is 6.92 Å². The van der Waals surface area contributed by atoms with Crippen molar-refractivity contribution in [3.05, 3.63) is 0 Å². The molecule has 0 aromatic heterocycles. The maximum Gasteiger partial charge on any atom is 0.305 e. The minimum atomic E-state index is -3.80. The number of rotatable bonds is 5. The van der Waals surface area contributed by atoms with E-state index in [2.05, 4.69) is 10.0 Å². The molecule has 9 heteroatoms. The third-order valence-corrected chi connectivity index (χ3v) is 3.99. The lowest BCUT2D eigenvalue weighted by atomic mass is 10.1. The Morgan fingerprint density at radius 1 is 1.65 bits per heavy atom. The van der Waals surface area contributed by atoms with Gasteiger partial charge < -0.3 is 10.4 Å². The maximum atomic E-state index is 11.8. The van der Waals surface area contributed by atoms with E-state index in [9.17, 15) is 18.0 Å². The van der Waals surface area contributed by atoms with Crippen LogP contribution in [0.4, 0.5) is 0 Å². The second-order valence-electron chi connectivity index (χ2n) is 3.52. The summed E-state index contributed by atoms with van der Waals surface area (Å²) in [7, 11) is -3.80. The van der Waals surface area contributed by atoms with E-state index >= 15 is 0 Å². The molecule has 98 valence electrons. The molecule has 3 N–H and O–H groups in total. The molecule has 1 aliphatic rings. The minimum Gasteiger partial charge on any atom is -0.481 e. The number of carbonyl (C=O) groups excluding carboxylic acids is 1. The maximum absolute atomic E-state index is 11.8. The molecule has 1 heterocycles. The van der Waals surface area contributed by atoms with Gasteiger partial charge in [-0.1, -0.05) is 6.92 Å². The average molecular weight is 265 g/mol. The van der Waals surface area contributed by atoms with Gasteiger partial charge in [0.1, 0.15) is 6.04 Å². The lowest BCUT2D eigenvalue weighted by Crippen LogP contribution is -2.59. The fourth-order valence-electron chi connectivity index (χ4n) is 1.61. The molecule has 0 aromatic rings. The molecule has 1 fully saturated rings. The third-order valence-electron chi connectivity index (χ3n) is 2.29. The van der Waals surface area contributed by atoms with Crippen molar-refractivity contribution in [2.24, 2.45) is 0 Å². The van der Waals surface area contributed by atoms with E-state index in [-0.39, 0.29) is 19.6 Å². The fourth-order valence-corrected chi connectivity index (χ4v) is 2.97. The van der Waals surface area contributed by atoms with Gasteiger partial charge >= 0.3 is 5.97 Å². The van der Waals surface area contributed by atoms with Crippen molar-refractivity contribution in [1.29, 1.82) is 0 Å². The van der Waals surface area contributed by atoms with Crippen molar-refractivity contribution in [2.45, 2.75) is 19.4 Å². The number of hydrogen-bond acceptors (Lipinski definition) is 4. The number of carboxylic acids is 1. The third kappa shape index (κ3) is 3.38. The molecule has 1 rings (SSSR count). The van der Waals surface area contributed by atoms with Crippen LogP contribution in [0.5, 0.6) is 0 Å². The Morgan fingerprint density at radius 3 is 2.82 bits per heavy atom. The van der Waals surface area contributed by atoms with Crippen molar-refractivity contribution in [3.8, 4) is 0 Å². The monoisotopic (exact) mass is 265 g/mol. The Hall–Kier alpha value is -1.19. The summed E-state index contributed by atoms with van der Waals surface area (Å²) >= 11 is 0. The summed E-state index contributed by atoms with van der Waals surface area (Å²) in [6.07, 6.45) is -0.545. The molecule has 1 unspecified atom stereocenters. The summed E-state index contributed by atoms with van der Waals surface area (Å²) in [5.74, 6) is -1.80. The number of nitrogens with zero attached hydrogens (tertiary/aromatic N) is 1. The SMILES string of the molecule is CCNS(=O)(=O)N1CCNC(=O)C1CC(=O)O. The van der Waals surface area contributed by atoms with E-state index in [0.29, 0.717) is 0 Å². The highest BCUT2D eigenvalue weighted by Gasteiger charge is 2.38. The highest BCUT2D eigenvalue weighted by Crippen LogP contribution is 2.12. The molecular weight excluding hydrogens is 250 g/mol. The van der Waals surface area contributed by atoms with Crippen LogP contribution in [0.3, 0.4) is 0 Å². The van der Waals surface area contributed by atoms with Crippen molar-refractivity contribution in [2.75, 3.05) is 19.6 Å². The van der Waals surface area contributed by atoms with Gasteiger partial charge in [-0.2, -0.15) is 12.7 Å². The van der Waals surface area contributed by atoms with Crippen molar-refractivity contribution >= 4 is 22.1 Å². The molecule has 0 saturated carbocycles. The Kier molecular flexibility index (Phi) is 4.43. The lowest BCUT2D eigenvalue weighted by molar-refractivity contribution is -0.141. The summed E-state index contributed by atoms with van der Waals surface area (Å²) < 4.78 is 26.7. The molecule has 0 aliphatic carbocycles. The zero-order valence-corrected chi connectivity index (χ0v) is 10.2. The highest BCUT2D eigenvalue weighted by molar-refractivity contribution is 7.87. The van der Waals surface area contributed by atoms with Gasteiger partial charge in [-0.3, -0.25) is 9.59 Å². The number of amides is 1. The molecule has 1 saturated heterocycles. The first-order chi connectivity index (χ1) is 7.88. The standard InChI is InChI=1S/C8H15N3O5S/c1-2-10-17(15,16)11-4-3-9-8(14)6(11)5-7(12)13/h6,10H,2-5H2,1H3,(H,9,14)(H,12,13). The van der Waals surface area contributed by atoms with E-state index in [0.717, 1.165) is 4.31 Å². The van der Waals surface area contributed by atoms with Crippen LogP contribution in [0.2, 0.25) is 0 Å². The van der Waals surface area contributed by atoms with Gasteiger partial charge in [-0.15, -0.1) is 0 Å². The molecule has 17 heavy (non-hydrogen) atoms. The number of hydrogen-bond donors (Lipinski definition) is 3. The Balaban J connectivity index is 2.93. The van der Waals surface area contributed by atoms with Crippen molar-refractivity contribution in [1.82, 2.24) is 14.3 Å². The van der Waals surface area contributed by atoms with Gasteiger partial charge in [-0.05, 0) is 0 Å². The zero-order valence-electron chi connectivity index (χ0n) is 9.34. The van der Waals surface area contributed by atoms with Gasteiger partial charge in [-0.25, -0.2) is 4.72 Å². The Labute approximate surface area is 99.2 Å². The van der Waals surface area contributed by atoms with Crippen LogP contribution in [0.1, 0.15) is 13.3 Å². The number of aliphatic carboxylic acids is 1. The van der Waals surface area contributed by atoms with Crippen molar-refractivity contribution < 1.29 is 23.1 Å². The lowest BCUT2D eigenvalue weighted by Gasteiger charge is -2.32.